The van der Waals surface area contributed by atoms with Crippen LogP contribution in [-0.4, -0.2) is 9.78 Å². The van der Waals surface area contributed by atoms with Crippen LogP contribution in [0.2, 0.25) is 0 Å². The largest absolute Gasteiger partial charge is 0.305 e. The molecule has 19 heavy (non-hydrogen) atoms. The zero-order valence-corrected chi connectivity index (χ0v) is 12.8. The molecule has 102 valence electrons. The molecule has 0 fully saturated rings. The van der Waals surface area contributed by atoms with E-state index in [9.17, 15) is 4.39 Å². The second-order valence-electron chi connectivity index (χ2n) is 4.63. The van der Waals surface area contributed by atoms with E-state index < -0.39 is 0 Å². The summed E-state index contributed by atoms with van der Waals surface area (Å²) in [7, 11) is 1.92. The minimum Gasteiger partial charge on any atom is -0.305 e. The summed E-state index contributed by atoms with van der Waals surface area (Å²) in [5.74, 6) is -0.205. The maximum atomic E-state index is 13.2. The first-order valence-electron chi connectivity index (χ1n) is 6.16. The molecule has 0 saturated carbocycles. The Labute approximate surface area is 121 Å². The van der Waals surface area contributed by atoms with Crippen molar-refractivity contribution in [1.29, 1.82) is 0 Å². The standard InChI is InChI=1S/C14H17BrFN3/c1-9(11-5-4-6-12(16)7-11)17-8-13-14(15)10(2)18-19(13)3/h4-7,9,17H,8H2,1-3H3/t9-/m0/s1. The minimum atomic E-state index is -0.205. The van der Waals surface area contributed by atoms with E-state index in [2.05, 4.69) is 26.3 Å². The molecule has 0 spiro atoms. The highest BCUT2D eigenvalue weighted by Gasteiger charge is 2.12. The van der Waals surface area contributed by atoms with Gasteiger partial charge in [0, 0.05) is 19.6 Å². The monoisotopic (exact) mass is 325 g/mol. The highest BCUT2D eigenvalue weighted by Crippen LogP contribution is 2.21. The van der Waals surface area contributed by atoms with Gasteiger partial charge in [-0.3, -0.25) is 4.68 Å². The van der Waals surface area contributed by atoms with Crippen molar-refractivity contribution < 1.29 is 4.39 Å². The van der Waals surface area contributed by atoms with Crippen LogP contribution in [-0.2, 0) is 13.6 Å². The van der Waals surface area contributed by atoms with Gasteiger partial charge in [-0.25, -0.2) is 4.39 Å². The first-order valence-corrected chi connectivity index (χ1v) is 6.95. The molecule has 1 atom stereocenters. The van der Waals surface area contributed by atoms with Crippen LogP contribution in [0.1, 0.15) is 29.9 Å². The molecule has 1 N–H and O–H groups in total. The van der Waals surface area contributed by atoms with Crippen molar-refractivity contribution in [2.45, 2.75) is 26.4 Å². The first-order chi connectivity index (χ1) is 8.99. The van der Waals surface area contributed by atoms with Crippen LogP contribution in [0.15, 0.2) is 28.7 Å². The van der Waals surface area contributed by atoms with Gasteiger partial charge in [0.1, 0.15) is 5.82 Å². The average Bonchev–Trinajstić information content (AvgIpc) is 2.61. The number of aromatic nitrogens is 2. The van der Waals surface area contributed by atoms with Crippen LogP contribution in [0.4, 0.5) is 4.39 Å². The first kappa shape index (κ1) is 14.2. The molecule has 1 aromatic heterocycles. The minimum absolute atomic E-state index is 0.0813. The Balaban J connectivity index is 2.06. The molecule has 3 nitrogen and oxygen atoms in total. The van der Waals surface area contributed by atoms with Gasteiger partial charge in [-0.15, -0.1) is 0 Å². The summed E-state index contributed by atoms with van der Waals surface area (Å²) >= 11 is 3.54. The molecule has 0 bridgehead atoms. The van der Waals surface area contributed by atoms with E-state index in [4.69, 9.17) is 0 Å². The fourth-order valence-electron chi connectivity index (χ4n) is 2.02. The van der Waals surface area contributed by atoms with Crippen molar-refractivity contribution in [2.75, 3.05) is 0 Å². The highest BCUT2D eigenvalue weighted by molar-refractivity contribution is 9.10. The van der Waals surface area contributed by atoms with E-state index in [1.807, 2.05) is 31.6 Å². The number of aryl methyl sites for hydroxylation is 2. The molecule has 1 heterocycles. The lowest BCUT2D eigenvalue weighted by molar-refractivity contribution is 0.541. The number of hydrogen-bond donors (Lipinski definition) is 1. The number of hydrogen-bond acceptors (Lipinski definition) is 2. The van der Waals surface area contributed by atoms with E-state index >= 15 is 0 Å². The van der Waals surface area contributed by atoms with Crippen molar-refractivity contribution in [3.63, 3.8) is 0 Å². The van der Waals surface area contributed by atoms with Crippen LogP contribution in [0, 0.1) is 12.7 Å². The van der Waals surface area contributed by atoms with E-state index in [1.54, 1.807) is 12.1 Å². The van der Waals surface area contributed by atoms with Gasteiger partial charge in [-0.2, -0.15) is 5.10 Å². The average molecular weight is 326 g/mol. The molecule has 5 heteroatoms. The molecule has 1 aromatic carbocycles. The molecule has 0 amide bonds. The molecule has 0 aliphatic heterocycles. The summed E-state index contributed by atoms with van der Waals surface area (Å²) in [5, 5.41) is 7.73. The van der Waals surface area contributed by atoms with Crippen molar-refractivity contribution in [1.82, 2.24) is 15.1 Å². The Kier molecular flexibility index (Phi) is 4.37. The molecule has 0 saturated heterocycles. The molecule has 2 aromatic rings. The van der Waals surface area contributed by atoms with Gasteiger partial charge >= 0.3 is 0 Å². The predicted molar refractivity (Wildman–Crippen MR) is 77.3 cm³/mol. The molecular formula is C14H17BrFN3. The summed E-state index contributed by atoms with van der Waals surface area (Å²) in [5.41, 5.74) is 2.99. The molecular weight excluding hydrogens is 309 g/mol. The van der Waals surface area contributed by atoms with E-state index in [1.165, 1.54) is 6.07 Å². The Morgan fingerprint density at radius 1 is 1.47 bits per heavy atom. The zero-order chi connectivity index (χ0) is 14.0. The second kappa shape index (κ2) is 5.84. The molecule has 2 rings (SSSR count). The van der Waals surface area contributed by atoms with Gasteiger partial charge < -0.3 is 5.32 Å². The quantitative estimate of drug-likeness (QED) is 0.932. The topological polar surface area (TPSA) is 29.9 Å². The number of rotatable bonds is 4. The van der Waals surface area contributed by atoms with Crippen molar-refractivity contribution >= 4 is 15.9 Å². The third-order valence-corrected chi connectivity index (χ3v) is 4.22. The maximum absolute atomic E-state index is 13.2. The SMILES string of the molecule is Cc1nn(C)c(CN[C@@H](C)c2cccc(F)c2)c1Br. The van der Waals surface area contributed by atoms with Gasteiger partial charge in [0.15, 0.2) is 0 Å². The number of halogens is 2. The van der Waals surface area contributed by atoms with Crippen molar-refractivity contribution in [3.8, 4) is 0 Å². The summed E-state index contributed by atoms with van der Waals surface area (Å²) in [4.78, 5) is 0. The van der Waals surface area contributed by atoms with E-state index in [0.717, 1.165) is 21.4 Å². The third kappa shape index (κ3) is 3.22. The Morgan fingerprint density at radius 3 is 2.79 bits per heavy atom. The summed E-state index contributed by atoms with van der Waals surface area (Å²) in [6.07, 6.45) is 0. The molecule has 0 aliphatic carbocycles. The van der Waals surface area contributed by atoms with Gasteiger partial charge in [-0.1, -0.05) is 12.1 Å². The van der Waals surface area contributed by atoms with Crippen molar-refractivity contribution in [2.24, 2.45) is 7.05 Å². The lowest BCUT2D eigenvalue weighted by Gasteiger charge is -2.14. The summed E-state index contributed by atoms with van der Waals surface area (Å²) in [6.45, 7) is 4.66. The van der Waals surface area contributed by atoms with E-state index in [-0.39, 0.29) is 11.9 Å². The van der Waals surface area contributed by atoms with Gasteiger partial charge in [0.25, 0.3) is 0 Å². The van der Waals surface area contributed by atoms with Gasteiger partial charge in [0.05, 0.1) is 15.9 Å². The normalized spacial score (nSPS) is 12.7. The van der Waals surface area contributed by atoms with Crippen LogP contribution in [0.5, 0.6) is 0 Å². The Morgan fingerprint density at radius 2 is 2.21 bits per heavy atom. The molecule has 0 unspecified atom stereocenters. The maximum Gasteiger partial charge on any atom is 0.123 e. The Bertz CT molecular complexity index is 580. The Hall–Kier alpha value is -1.20. The van der Waals surface area contributed by atoms with Gasteiger partial charge in [0.2, 0.25) is 0 Å². The van der Waals surface area contributed by atoms with Gasteiger partial charge in [-0.05, 0) is 47.5 Å². The van der Waals surface area contributed by atoms with Crippen molar-refractivity contribution in [3.05, 3.63) is 51.5 Å². The van der Waals surface area contributed by atoms with E-state index in [0.29, 0.717) is 6.54 Å². The smallest absolute Gasteiger partial charge is 0.123 e. The molecule has 0 radical (unpaired) electrons. The lowest BCUT2D eigenvalue weighted by atomic mass is 10.1. The number of nitrogens with zero attached hydrogens (tertiary/aromatic N) is 2. The highest BCUT2D eigenvalue weighted by atomic mass is 79.9. The second-order valence-corrected chi connectivity index (χ2v) is 5.42. The predicted octanol–water partition coefficient (Wildman–Crippen LogP) is 3.48. The summed E-state index contributed by atoms with van der Waals surface area (Å²) < 4.78 is 16.0. The van der Waals surface area contributed by atoms with Crippen LogP contribution >= 0.6 is 15.9 Å². The fourth-order valence-corrected chi connectivity index (χ4v) is 2.49. The summed E-state index contributed by atoms with van der Waals surface area (Å²) in [6, 6.07) is 6.74. The van der Waals surface area contributed by atoms with Crippen LogP contribution in [0.3, 0.4) is 0 Å². The van der Waals surface area contributed by atoms with Crippen LogP contribution < -0.4 is 5.32 Å². The van der Waals surface area contributed by atoms with Crippen LogP contribution in [0.25, 0.3) is 0 Å². The molecule has 0 aliphatic rings. The number of benzene rings is 1. The zero-order valence-electron chi connectivity index (χ0n) is 11.2. The lowest BCUT2D eigenvalue weighted by Crippen LogP contribution is -2.20. The fraction of sp³-hybridized carbons (Fsp3) is 0.357. The third-order valence-electron chi connectivity index (χ3n) is 3.19. The number of nitrogens with one attached hydrogen (secondary N) is 1.